The van der Waals surface area contributed by atoms with Crippen molar-refractivity contribution in [3.63, 3.8) is 0 Å². The van der Waals surface area contributed by atoms with E-state index < -0.39 is 0 Å². The van der Waals surface area contributed by atoms with Gasteiger partial charge < -0.3 is 10.6 Å². The summed E-state index contributed by atoms with van der Waals surface area (Å²) in [6.45, 7) is 0.0954. The van der Waals surface area contributed by atoms with Crippen molar-refractivity contribution in [2.24, 2.45) is 0 Å². The molecule has 0 aliphatic carbocycles. The highest BCUT2D eigenvalue weighted by atomic mass is 35.5. The summed E-state index contributed by atoms with van der Waals surface area (Å²) in [5, 5.41) is 6.17. The number of halogens is 2. The zero-order chi connectivity index (χ0) is 13.7. The Bertz CT molecular complexity index is 572. The lowest BCUT2D eigenvalue weighted by Crippen LogP contribution is -2.21. The summed E-state index contributed by atoms with van der Waals surface area (Å²) in [5.74, 6) is -0.635. The predicted octanol–water partition coefficient (Wildman–Crippen LogP) is 3.53. The molecule has 0 unspecified atom stereocenters. The molecule has 0 fully saturated rings. The van der Waals surface area contributed by atoms with Gasteiger partial charge in [0.1, 0.15) is 5.82 Å². The quantitative estimate of drug-likeness (QED) is 0.898. The number of rotatable bonds is 4. The van der Waals surface area contributed by atoms with Crippen molar-refractivity contribution in [1.29, 1.82) is 0 Å². The third kappa shape index (κ3) is 4.26. The Labute approximate surface area is 115 Å². The minimum absolute atomic E-state index is 0.0954. The van der Waals surface area contributed by atoms with E-state index in [0.29, 0.717) is 10.7 Å². The van der Waals surface area contributed by atoms with Crippen LogP contribution in [0.3, 0.4) is 0 Å². The van der Waals surface area contributed by atoms with E-state index in [-0.39, 0.29) is 18.3 Å². The molecule has 0 radical (unpaired) electrons. The molecule has 98 valence electrons. The number of carbonyl (C=O) groups is 1. The van der Waals surface area contributed by atoms with Crippen LogP contribution in [0.1, 0.15) is 0 Å². The molecule has 2 rings (SSSR count). The van der Waals surface area contributed by atoms with Crippen molar-refractivity contribution in [3.05, 3.63) is 59.4 Å². The normalized spacial score (nSPS) is 10.0. The van der Waals surface area contributed by atoms with Gasteiger partial charge in [0.25, 0.3) is 0 Å². The van der Waals surface area contributed by atoms with Gasteiger partial charge in [0.05, 0.1) is 6.54 Å². The number of hydrogen-bond acceptors (Lipinski definition) is 2. The van der Waals surface area contributed by atoms with E-state index in [1.807, 2.05) is 0 Å². The highest BCUT2D eigenvalue weighted by Gasteiger charge is 2.03. The van der Waals surface area contributed by atoms with Crippen LogP contribution in [0.5, 0.6) is 0 Å². The second-order valence-electron chi connectivity index (χ2n) is 3.92. The van der Waals surface area contributed by atoms with Crippen molar-refractivity contribution >= 4 is 28.9 Å². The number of nitrogens with one attached hydrogen (secondary N) is 2. The summed E-state index contributed by atoms with van der Waals surface area (Å²) in [6.07, 6.45) is 0. The summed E-state index contributed by atoms with van der Waals surface area (Å²) in [6, 6.07) is 12.8. The molecule has 1 amide bonds. The molecule has 0 heterocycles. The molecule has 2 N–H and O–H groups in total. The van der Waals surface area contributed by atoms with E-state index in [4.69, 9.17) is 11.6 Å². The fraction of sp³-hybridized carbons (Fsp3) is 0.0714. The highest BCUT2D eigenvalue weighted by molar-refractivity contribution is 6.30. The molecule has 0 aliphatic rings. The van der Waals surface area contributed by atoms with Crippen LogP contribution in [0.4, 0.5) is 15.8 Å². The van der Waals surface area contributed by atoms with Crippen LogP contribution in [0.2, 0.25) is 5.02 Å². The van der Waals surface area contributed by atoms with Gasteiger partial charge in [0.2, 0.25) is 5.91 Å². The molecular formula is C14H12ClFN2O. The molecule has 0 aliphatic heterocycles. The lowest BCUT2D eigenvalue weighted by Gasteiger charge is -2.07. The summed E-state index contributed by atoms with van der Waals surface area (Å²) >= 11 is 5.75. The maximum absolute atomic E-state index is 12.9. The minimum Gasteiger partial charge on any atom is -0.376 e. The van der Waals surface area contributed by atoms with Crippen LogP contribution in [-0.2, 0) is 4.79 Å². The van der Waals surface area contributed by atoms with Crippen molar-refractivity contribution in [2.75, 3.05) is 17.2 Å². The lowest BCUT2D eigenvalue weighted by atomic mass is 10.3. The summed E-state index contributed by atoms with van der Waals surface area (Å²) in [5.41, 5.74) is 1.22. The molecule has 0 saturated carbocycles. The number of amides is 1. The molecule has 5 heteroatoms. The average molecular weight is 279 g/mol. The molecule has 0 bridgehead atoms. The molecule has 2 aromatic rings. The van der Waals surface area contributed by atoms with Gasteiger partial charge in [-0.3, -0.25) is 4.79 Å². The van der Waals surface area contributed by atoms with E-state index in [1.54, 1.807) is 30.3 Å². The molecule has 0 spiro atoms. The van der Waals surface area contributed by atoms with Gasteiger partial charge >= 0.3 is 0 Å². The van der Waals surface area contributed by atoms with Gasteiger partial charge in [0.15, 0.2) is 0 Å². The third-order valence-corrected chi connectivity index (χ3v) is 2.66. The van der Waals surface area contributed by atoms with Gasteiger partial charge in [-0.05, 0) is 42.5 Å². The van der Waals surface area contributed by atoms with Crippen LogP contribution in [-0.4, -0.2) is 12.5 Å². The zero-order valence-corrected chi connectivity index (χ0v) is 10.7. The first kappa shape index (κ1) is 13.4. The fourth-order valence-corrected chi connectivity index (χ4v) is 1.65. The summed E-state index contributed by atoms with van der Waals surface area (Å²) in [4.78, 5) is 11.6. The first-order valence-electron chi connectivity index (χ1n) is 5.68. The van der Waals surface area contributed by atoms with Crippen LogP contribution < -0.4 is 10.6 Å². The number of anilines is 2. The van der Waals surface area contributed by atoms with E-state index in [1.165, 1.54) is 18.2 Å². The van der Waals surface area contributed by atoms with Crippen LogP contribution in [0.15, 0.2) is 48.5 Å². The fourth-order valence-electron chi connectivity index (χ4n) is 1.52. The molecular weight excluding hydrogens is 267 g/mol. The highest BCUT2D eigenvalue weighted by Crippen LogP contribution is 2.13. The maximum atomic E-state index is 12.9. The van der Waals surface area contributed by atoms with E-state index in [9.17, 15) is 9.18 Å². The molecule has 0 aromatic heterocycles. The van der Waals surface area contributed by atoms with Gasteiger partial charge in [-0.15, -0.1) is 0 Å². The Hall–Kier alpha value is -2.07. The van der Waals surface area contributed by atoms with Gasteiger partial charge in [-0.2, -0.15) is 0 Å². The molecule has 3 nitrogen and oxygen atoms in total. The van der Waals surface area contributed by atoms with Crippen molar-refractivity contribution < 1.29 is 9.18 Å². The van der Waals surface area contributed by atoms with Crippen molar-refractivity contribution in [3.8, 4) is 0 Å². The summed E-state index contributed by atoms with van der Waals surface area (Å²) in [7, 11) is 0. The van der Waals surface area contributed by atoms with E-state index in [2.05, 4.69) is 10.6 Å². The van der Waals surface area contributed by atoms with Crippen LogP contribution >= 0.6 is 11.6 Å². The average Bonchev–Trinajstić information content (AvgIpc) is 2.38. The topological polar surface area (TPSA) is 41.1 Å². The first-order chi connectivity index (χ1) is 9.13. The molecule has 2 aromatic carbocycles. The first-order valence-corrected chi connectivity index (χ1v) is 6.06. The van der Waals surface area contributed by atoms with Gasteiger partial charge in [-0.25, -0.2) is 4.39 Å². The Morgan fingerprint density at radius 2 is 1.84 bits per heavy atom. The smallest absolute Gasteiger partial charge is 0.243 e. The molecule has 19 heavy (non-hydrogen) atoms. The van der Waals surface area contributed by atoms with Gasteiger partial charge in [-0.1, -0.05) is 17.7 Å². The minimum atomic E-state index is -0.386. The van der Waals surface area contributed by atoms with Crippen LogP contribution in [0.25, 0.3) is 0 Å². The second kappa shape index (κ2) is 6.20. The standard InChI is InChI=1S/C14H12ClFN2O/c15-10-4-6-12(7-5-10)17-9-14(19)18-13-3-1-2-11(16)8-13/h1-8,17H,9H2,(H,18,19). The van der Waals surface area contributed by atoms with Gasteiger partial charge in [0, 0.05) is 16.4 Å². The Morgan fingerprint density at radius 1 is 1.11 bits per heavy atom. The number of hydrogen-bond donors (Lipinski definition) is 2. The Kier molecular flexibility index (Phi) is 4.36. The van der Waals surface area contributed by atoms with E-state index in [0.717, 1.165) is 5.69 Å². The Morgan fingerprint density at radius 3 is 2.53 bits per heavy atom. The maximum Gasteiger partial charge on any atom is 0.243 e. The lowest BCUT2D eigenvalue weighted by molar-refractivity contribution is -0.114. The number of carbonyl (C=O) groups excluding carboxylic acids is 1. The summed E-state index contributed by atoms with van der Waals surface area (Å²) < 4.78 is 12.9. The Balaban J connectivity index is 1.86. The third-order valence-electron chi connectivity index (χ3n) is 2.41. The van der Waals surface area contributed by atoms with Crippen molar-refractivity contribution in [1.82, 2.24) is 0 Å². The largest absolute Gasteiger partial charge is 0.376 e. The number of benzene rings is 2. The van der Waals surface area contributed by atoms with E-state index >= 15 is 0 Å². The second-order valence-corrected chi connectivity index (χ2v) is 4.36. The van der Waals surface area contributed by atoms with Crippen molar-refractivity contribution in [2.45, 2.75) is 0 Å². The zero-order valence-electron chi connectivity index (χ0n) is 9.99. The molecule has 0 atom stereocenters. The monoisotopic (exact) mass is 278 g/mol. The van der Waals surface area contributed by atoms with Crippen LogP contribution in [0, 0.1) is 5.82 Å². The SMILES string of the molecule is O=C(CNc1ccc(Cl)cc1)Nc1cccc(F)c1. The molecule has 0 saturated heterocycles. The predicted molar refractivity (Wildman–Crippen MR) is 75.0 cm³/mol.